The number of nitro groups is 1. The van der Waals surface area contributed by atoms with Gasteiger partial charge in [-0.05, 0) is 38.0 Å². The highest BCUT2D eigenvalue weighted by molar-refractivity contribution is 5.99. The van der Waals surface area contributed by atoms with Crippen LogP contribution < -0.4 is 10.6 Å². The fourth-order valence-corrected chi connectivity index (χ4v) is 4.34. The molecule has 41 heavy (non-hydrogen) atoms. The van der Waals surface area contributed by atoms with Crippen molar-refractivity contribution in [2.24, 2.45) is 5.92 Å². The Morgan fingerprint density at radius 1 is 1.10 bits per heavy atom. The minimum Gasteiger partial charge on any atom is -0.478 e. The van der Waals surface area contributed by atoms with Crippen LogP contribution in [0.1, 0.15) is 42.1 Å². The van der Waals surface area contributed by atoms with Gasteiger partial charge in [-0.15, -0.1) is 10.1 Å². The lowest BCUT2D eigenvalue weighted by Crippen LogP contribution is -2.33. The molecular formula is C26H27N5O10. The first-order chi connectivity index (χ1) is 19.5. The zero-order chi connectivity index (χ0) is 30.1. The molecule has 1 aliphatic rings. The highest BCUT2D eigenvalue weighted by Crippen LogP contribution is 2.39. The van der Waals surface area contributed by atoms with Crippen molar-refractivity contribution in [2.75, 3.05) is 19.8 Å². The molecule has 15 heteroatoms. The maximum Gasteiger partial charge on any atom is 0.336 e. The first-order valence-electron chi connectivity index (χ1n) is 12.3. The van der Waals surface area contributed by atoms with E-state index in [1.807, 2.05) is 0 Å². The molecule has 0 aliphatic carbocycles. The van der Waals surface area contributed by atoms with E-state index in [0.717, 1.165) is 0 Å². The van der Waals surface area contributed by atoms with Gasteiger partial charge in [0.25, 0.3) is 16.7 Å². The Hall–Kier alpha value is -5.34. The van der Waals surface area contributed by atoms with Crippen LogP contribution in [-0.2, 0) is 19.2 Å². The van der Waals surface area contributed by atoms with Gasteiger partial charge in [0.15, 0.2) is 0 Å². The number of hydrogen-bond acceptors (Lipinski definition) is 11. The van der Waals surface area contributed by atoms with Crippen molar-refractivity contribution in [2.45, 2.75) is 26.2 Å². The molecule has 15 nitrogen and oxygen atoms in total. The summed E-state index contributed by atoms with van der Waals surface area (Å²) in [6.07, 6.45) is 3.02. The Bertz CT molecular complexity index is 1410. The smallest absolute Gasteiger partial charge is 0.336 e. The zero-order valence-corrected chi connectivity index (χ0v) is 22.1. The Morgan fingerprint density at radius 3 is 2.46 bits per heavy atom. The van der Waals surface area contributed by atoms with Gasteiger partial charge in [-0.2, -0.15) is 0 Å². The van der Waals surface area contributed by atoms with Gasteiger partial charge in [-0.1, -0.05) is 12.1 Å². The summed E-state index contributed by atoms with van der Waals surface area (Å²) in [5.41, 5.74) is 0.436. The van der Waals surface area contributed by atoms with E-state index < -0.39 is 46.3 Å². The molecule has 0 saturated heterocycles. The molecule has 0 bridgehead atoms. The second-order valence-corrected chi connectivity index (χ2v) is 9.06. The van der Waals surface area contributed by atoms with Crippen LogP contribution in [0.2, 0.25) is 0 Å². The molecule has 1 aromatic carbocycles. The molecule has 0 saturated carbocycles. The molecule has 1 aliphatic heterocycles. The van der Waals surface area contributed by atoms with Crippen molar-refractivity contribution in [1.82, 2.24) is 15.6 Å². The number of carboxylic acids is 1. The Morgan fingerprint density at radius 2 is 1.83 bits per heavy atom. The van der Waals surface area contributed by atoms with E-state index in [4.69, 9.17) is 4.74 Å². The van der Waals surface area contributed by atoms with Crippen LogP contribution in [0.15, 0.2) is 71.3 Å². The van der Waals surface area contributed by atoms with Gasteiger partial charge >= 0.3 is 11.9 Å². The molecule has 1 amide bonds. The average molecular weight is 570 g/mol. The standard InChI is InChI=1S/C26H27N5O10/c1-15-21(25(33)34)23(18-5-3-7-20(11-18)30(36)37)22(16(2)29-15)26(35)40-13-17(14-41-31(38)39)8-10-28-24(32)19-6-4-9-27-12-19/h3-7,9,11-12,17,23,29H,8,10,13-14H2,1-2H3,(H,28,32)(H,33,34)/t17?,23-/m1/s1. The number of allylic oxidation sites excluding steroid dienone is 2. The number of dihydropyridines is 1. The van der Waals surface area contributed by atoms with E-state index in [1.54, 1.807) is 12.1 Å². The maximum atomic E-state index is 13.4. The summed E-state index contributed by atoms with van der Waals surface area (Å²) in [5, 5.41) is 36.6. The normalized spacial score (nSPS) is 15.4. The number of hydrogen-bond donors (Lipinski definition) is 3. The van der Waals surface area contributed by atoms with Crippen molar-refractivity contribution in [3.05, 3.63) is 103 Å². The molecule has 3 rings (SSSR count). The third-order valence-corrected chi connectivity index (χ3v) is 6.25. The lowest BCUT2D eigenvalue weighted by Gasteiger charge is -2.30. The molecule has 0 radical (unpaired) electrons. The average Bonchev–Trinajstić information content (AvgIpc) is 2.93. The van der Waals surface area contributed by atoms with Crippen LogP contribution in [-0.4, -0.2) is 57.7 Å². The summed E-state index contributed by atoms with van der Waals surface area (Å²) in [4.78, 5) is 67.7. The summed E-state index contributed by atoms with van der Waals surface area (Å²) < 4.78 is 5.47. The zero-order valence-electron chi connectivity index (χ0n) is 22.1. The molecule has 0 fully saturated rings. The second-order valence-electron chi connectivity index (χ2n) is 9.06. The van der Waals surface area contributed by atoms with Crippen molar-refractivity contribution < 1.29 is 39.1 Å². The highest BCUT2D eigenvalue weighted by Gasteiger charge is 2.38. The number of nitro benzene ring substituents is 1. The summed E-state index contributed by atoms with van der Waals surface area (Å²) in [7, 11) is 0. The number of carbonyl (C=O) groups is 3. The number of pyridine rings is 1. The van der Waals surface area contributed by atoms with Gasteiger partial charge < -0.3 is 25.3 Å². The molecule has 2 heterocycles. The molecular weight excluding hydrogens is 542 g/mol. The fourth-order valence-electron chi connectivity index (χ4n) is 4.34. The quantitative estimate of drug-likeness (QED) is 0.180. The van der Waals surface area contributed by atoms with Crippen molar-refractivity contribution in [3.63, 3.8) is 0 Å². The molecule has 2 atom stereocenters. The molecule has 0 spiro atoms. The monoisotopic (exact) mass is 569 g/mol. The van der Waals surface area contributed by atoms with E-state index in [0.29, 0.717) is 5.56 Å². The summed E-state index contributed by atoms with van der Waals surface area (Å²) in [6, 6.07) is 8.43. The maximum absolute atomic E-state index is 13.4. The topological polar surface area (TPSA) is 213 Å². The number of carbonyl (C=O) groups excluding carboxylic acids is 2. The molecule has 3 N–H and O–H groups in total. The third kappa shape index (κ3) is 7.84. The number of esters is 1. The van der Waals surface area contributed by atoms with Gasteiger partial charge in [0.05, 0.1) is 34.2 Å². The Kier molecular flexibility index (Phi) is 10.0. The van der Waals surface area contributed by atoms with Crippen LogP contribution in [0.4, 0.5) is 5.69 Å². The first-order valence-corrected chi connectivity index (χ1v) is 12.3. The van der Waals surface area contributed by atoms with Crippen LogP contribution in [0.25, 0.3) is 0 Å². The summed E-state index contributed by atoms with van der Waals surface area (Å²) in [5.74, 6) is -4.60. The number of nitrogens with one attached hydrogen (secondary N) is 2. The summed E-state index contributed by atoms with van der Waals surface area (Å²) >= 11 is 0. The molecule has 216 valence electrons. The predicted octanol–water partition coefficient (Wildman–Crippen LogP) is 2.50. The van der Waals surface area contributed by atoms with Gasteiger partial charge in [0.1, 0.15) is 6.61 Å². The number of non-ortho nitro benzene ring substituents is 1. The molecule has 2 aromatic rings. The van der Waals surface area contributed by atoms with Crippen molar-refractivity contribution in [3.8, 4) is 0 Å². The largest absolute Gasteiger partial charge is 0.478 e. The van der Waals surface area contributed by atoms with Crippen molar-refractivity contribution in [1.29, 1.82) is 0 Å². The van der Waals surface area contributed by atoms with E-state index in [2.05, 4.69) is 20.5 Å². The van der Waals surface area contributed by atoms with Crippen LogP contribution >= 0.6 is 0 Å². The van der Waals surface area contributed by atoms with E-state index >= 15 is 0 Å². The van der Waals surface area contributed by atoms with Crippen LogP contribution in [0.3, 0.4) is 0 Å². The highest BCUT2D eigenvalue weighted by atomic mass is 16.9. The molecule has 1 aromatic heterocycles. The predicted molar refractivity (Wildman–Crippen MR) is 141 cm³/mol. The number of aliphatic carboxylic acids is 1. The van der Waals surface area contributed by atoms with Crippen molar-refractivity contribution >= 4 is 23.5 Å². The number of ether oxygens (including phenoxy) is 1. The van der Waals surface area contributed by atoms with E-state index in [-0.39, 0.29) is 53.4 Å². The lowest BCUT2D eigenvalue weighted by atomic mass is 9.80. The second kappa shape index (κ2) is 13.6. The first kappa shape index (κ1) is 30.2. The number of amides is 1. The van der Waals surface area contributed by atoms with E-state index in [1.165, 1.54) is 50.5 Å². The number of rotatable bonds is 13. The Labute approximate surface area is 233 Å². The van der Waals surface area contributed by atoms with Gasteiger partial charge in [0, 0.05) is 48.4 Å². The van der Waals surface area contributed by atoms with Gasteiger partial charge in [-0.25, -0.2) is 9.59 Å². The van der Waals surface area contributed by atoms with Crippen LogP contribution in [0.5, 0.6) is 0 Å². The van der Waals surface area contributed by atoms with E-state index in [9.17, 15) is 39.7 Å². The summed E-state index contributed by atoms with van der Waals surface area (Å²) in [6.45, 7) is 2.31. The van der Waals surface area contributed by atoms with Crippen LogP contribution in [0, 0.1) is 26.1 Å². The molecule has 1 unspecified atom stereocenters. The number of carboxylic acid groups (broad SMARTS) is 1. The third-order valence-electron chi connectivity index (χ3n) is 6.25. The number of aromatic nitrogens is 1. The lowest BCUT2D eigenvalue weighted by molar-refractivity contribution is -0.759. The van der Waals surface area contributed by atoms with Gasteiger partial charge in [-0.3, -0.25) is 19.9 Å². The Balaban J connectivity index is 1.79. The fraction of sp³-hybridized carbons (Fsp3) is 0.308. The minimum absolute atomic E-state index is 0.0711. The minimum atomic E-state index is -1.34. The number of benzene rings is 1. The SMILES string of the molecule is CC1=C(C(=O)O)[C@@H](c2cccc([N+](=O)[O-])c2)C(C(=O)OCC(CCNC(=O)c2cccnc2)CO[N+](=O)[O-])=C(C)N1. The van der Waals surface area contributed by atoms with Gasteiger partial charge in [0.2, 0.25) is 0 Å². The number of nitrogens with zero attached hydrogens (tertiary/aromatic N) is 3.